The van der Waals surface area contributed by atoms with E-state index >= 15 is 0 Å². The first-order chi connectivity index (χ1) is 5.26. The van der Waals surface area contributed by atoms with Gasteiger partial charge in [-0.3, -0.25) is 0 Å². The van der Waals surface area contributed by atoms with E-state index in [0.717, 1.165) is 0 Å². The fraction of sp³-hybridized carbons (Fsp3) is 0.750. The molecular weight excluding hydrogens is 144 g/mol. The summed E-state index contributed by atoms with van der Waals surface area (Å²) in [7, 11) is 1.54. The summed E-state index contributed by atoms with van der Waals surface area (Å²) in [5.74, 6) is 0. The number of hydrogen-bond donors (Lipinski definition) is 1. The van der Waals surface area contributed by atoms with E-state index in [9.17, 15) is 5.11 Å². The lowest BCUT2D eigenvalue weighted by Gasteiger charge is -2.17. The highest BCUT2D eigenvalue weighted by Crippen LogP contribution is 2.04. The Morgan fingerprint density at radius 3 is 2.64 bits per heavy atom. The molecule has 0 heterocycles. The summed E-state index contributed by atoms with van der Waals surface area (Å²) in [4.78, 5) is 0. The van der Waals surface area contributed by atoms with Gasteiger partial charge < -0.3 is 14.6 Å². The maximum Gasteiger partial charge on any atom is 0.147 e. The molecule has 0 aliphatic rings. The molecule has 3 nitrogen and oxygen atoms in total. The fourth-order valence-corrected chi connectivity index (χ4v) is 0.715. The maximum absolute atomic E-state index is 9.29. The summed E-state index contributed by atoms with van der Waals surface area (Å²) >= 11 is 0. The predicted octanol–water partition coefficient (Wildman–Crippen LogP) is 0.932. The number of hydrogen-bond acceptors (Lipinski definition) is 3. The average Bonchev–Trinajstić information content (AvgIpc) is 2.05. The van der Waals surface area contributed by atoms with Crippen molar-refractivity contribution in [2.24, 2.45) is 0 Å². The van der Waals surface area contributed by atoms with Crippen LogP contribution in [0.5, 0.6) is 0 Å². The van der Waals surface area contributed by atoms with Crippen molar-refractivity contribution >= 4 is 0 Å². The van der Waals surface area contributed by atoms with E-state index in [1.807, 2.05) is 6.92 Å². The highest BCUT2D eigenvalue weighted by atomic mass is 16.7. The molecule has 66 valence electrons. The van der Waals surface area contributed by atoms with Gasteiger partial charge in [-0.15, -0.1) is 6.58 Å². The number of rotatable bonds is 6. The molecule has 0 fully saturated rings. The molecule has 2 atom stereocenters. The summed E-state index contributed by atoms with van der Waals surface area (Å²) < 4.78 is 9.79. The molecule has 0 saturated heterocycles. The second-order valence-electron chi connectivity index (χ2n) is 2.25. The van der Waals surface area contributed by atoms with Gasteiger partial charge in [0.1, 0.15) is 12.9 Å². The third-order valence-electron chi connectivity index (χ3n) is 1.41. The van der Waals surface area contributed by atoms with Crippen LogP contribution in [0.4, 0.5) is 0 Å². The van der Waals surface area contributed by atoms with E-state index in [0.29, 0.717) is 6.42 Å². The van der Waals surface area contributed by atoms with Crippen molar-refractivity contribution in [2.45, 2.75) is 25.6 Å². The van der Waals surface area contributed by atoms with E-state index in [1.165, 1.54) is 0 Å². The van der Waals surface area contributed by atoms with Gasteiger partial charge in [0, 0.05) is 7.11 Å². The van der Waals surface area contributed by atoms with Crippen LogP contribution in [-0.4, -0.2) is 31.2 Å². The van der Waals surface area contributed by atoms with Crippen LogP contribution in [0.3, 0.4) is 0 Å². The summed E-state index contributed by atoms with van der Waals surface area (Å²) in [5, 5.41) is 9.29. The van der Waals surface area contributed by atoms with Crippen LogP contribution >= 0.6 is 0 Å². The second-order valence-corrected chi connectivity index (χ2v) is 2.25. The van der Waals surface area contributed by atoms with Crippen molar-refractivity contribution in [3.63, 3.8) is 0 Å². The Morgan fingerprint density at radius 2 is 2.27 bits per heavy atom. The molecule has 0 aromatic heterocycles. The molecule has 0 aromatic rings. The molecule has 0 saturated carbocycles. The third kappa shape index (κ3) is 4.14. The van der Waals surface area contributed by atoms with Gasteiger partial charge in [-0.1, -0.05) is 13.0 Å². The SMILES string of the molecule is C=CC(OCOC)C(O)CC. The zero-order valence-electron chi connectivity index (χ0n) is 7.12. The minimum atomic E-state index is -0.484. The Hall–Kier alpha value is -0.380. The molecule has 0 amide bonds. The fourth-order valence-electron chi connectivity index (χ4n) is 0.715. The molecule has 0 rings (SSSR count). The van der Waals surface area contributed by atoms with E-state index in [1.54, 1.807) is 13.2 Å². The summed E-state index contributed by atoms with van der Waals surface area (Å²) in [5.41, 5.74) is 0. The van der Waals surface area contributed by atoms with Crippen molar-refractivity contribution in [1.82, 2.24) is 0 Å². The van der Waals surface area contributed by atoms with Crippen LogP contribution in [0.2, 0.25) is 0 Å². The monoisotopic (exact) mass is 160 g/mol. The lowest BCUT2D eigenvalue weighted by molar-refractivity contribution is -0.0933. The summed E-state index contributed by atoms with van der Waals surface area (Å²) in [6.45, 7) is 5.62. The Labute approximate surface area is 67.6 Å². The van der Waals surface area contributed by atoms with Crippen molar-refractivity contribution in [3.8, 4) is 0 Å². The van der Waals surface area contributed by atoms with Gasteiger partial charge in [-0.05, 0) is 6.42 Å². The van der Waals surface area contributed by atoms with Crippen molar-refractivity contribution < 1.29 is 14.6 Å². The van der Waals surface area contributed by atoms with Crippen LogP contribution in [0, 0.1) is 0 Å². The minimum Gasteiger partial charge on any atom is -0.390 e. The molecule has 0 radical (unpaired) electrons. The van der Waals surface area contributed by atoms with Crippen LogP contribution in [0.15, 0.2) is 12.7 Å². The van der Waals surface area contributed by atoms with Crippen LogP contribution in [0.1, 0.15) is 13.3 Å². The summed E-state index contributed by atoms with van der Waals surface area (Å²) in [6.07, 6.45) is 1.43. The van der Waals surface area contributed by atoms with Crippen LogP contribution < -0.4 is 0 Å². The van der Waals surface area contributed by atoms with Gasteiger partial charge >= 0.3 is 0 Å². The molecule has 3 heteroatoms. The lowest BCUT2D eigenvalue weighted by atomic mass is 10.1. The average molecular weight is 160 g/mol. The molecule has 2 unspecified atom stereocenters. The van der Waals surface area contributed by atoms with Crippen LogP contribution in [-0.2, 0) is 9.47 Å². The van der Waals surface area contributed by atoms with Gasteiger partial charge in [-0.25, -0.2) is 0 Å². The minimum absolute atomic E-state index is 0.188. The topological polar surface area (TPSA) is 38.7 Å². The highest BCUT2D eigenvalue weighted by Gasteiger charge is 2.13. The Balaban J connectivity index is 3.65. The zero-order chi connectivity index (χ0) is 8.69. The first-order valence-electron chi connectivity index (χ1n) is 3.67. The molecule has 0 bridgehead atoms. The normalized spacial score (nSPS) is 15.9. The maximum atomic E-state index is 9.29. The van der Waals surface area contributed by atoms with Gasteiger partial charge in [-0.2, -0.15) is 0 Å². The van der Waals surface area contributed by atoms with Crippen molar-refractivity contribution in [1.29, 1.82) is 0 Å². The van der Waals surface area contributed by atoms with Crippen LogP contribution in [0.25, 0.3) is 0 Å². The Kier molecular flexibility index (Phi) is 6.12. The molecule has 0 aliphatic heterocycles. The van der Waals surface area contributed by atoms with Gasteiger partial charge in [0.15, 0.2) is 0 Å². The second kappa shape index (κ2) is 6.34. The first-order valence-corrected chi connectivity index (χ1v) is 3.67. The molecular formula is C8H16O3. The largest absolute Gasteiger partial charge is 0.390 e. The lowest BCUT2D eigenvalue weighted by Crippen LogP contribution is -2.26. The first kappa shape index (κ1) is 10.6. The quantitative estimate of drug-likeness (QED) is 0.464. The van der Waals surface area contributed by atoms with Crippen molar-refractivity contribution in [3.05, 3.63) is 12.7 Å². The van der Waals surface area contributed by atoms with E-state index < -0.39 is 6.10 Å². The molecule has 0 aliphatic carbocycles. The Bertz CT molecular complexity index is 104. The number of aliphatic hydroxyl groups is 1. The van der Waals surface area contributed by atoms with Gasteiger partial charge in [0.05, 0.1) is 6.10 Å². The van der Waals surface area contributed by atoms with E-state index in [4.69, 9.17) is 4.74 Å². The zero-order valence-corrected chi connectivity index (χ0v) is 7.12. The number of aliphatic hydroxyl groups excluding tert-OH is 1. The predicted molar refractivity (Wildman–Crippen MR) is 43.2 cm³/mol. The standard InChI is InChI=1S/C8H16O3/c1-4-7(9)8(5-2)11-6-10-3/h5,7-9H,2,4,6H2,1,3H3. The Morgan fingerprint density at radius 1 is 1.64 bits per heavy atom. The molecule has 0 aromatic carbocycles. The number of ether oxygens (including phenoxy) is 2. The molecule has 11 heavy (non-hydrogen) atoms. The van der Waals surface area contributed by atoms with E-state index in [-0.39, 0.29) is 12.9 Å². The molecule has 1 N–H and O–H groups in total. The highest BCUT2D eigenvalue weighted by molar-refractivity contribution is 4.85. The van der Waals surface area contributed by atoms with E-state index in [2.05, 4.69) is 11.3 Å². The van der Waals surface area contributed by atoms with Gasteiger partial charge in [0.25, 0.3) is 0 Å². The smallest absolute Gasteiger partial charge is 0.147 e. The number of methoxy groups -OCH3 is 1. The van der Waals surface area contributed by atoms with Crippen molar-refractivity contribution in [2.75, 3.05) is 13.9 Å². The van der Waals surface area contributed by atoms with Gasteiger partial charge in [0.2, 0.25) is 0 Å². The third-order valence-corrected chi connectivity index (χ3v) is 1.41. The summed E-state index contributed by atoms with van der Waals surface area (Å²) in [6, 6.07) is 0. The molecule has 0 spiro atoms.